The Bertz CT molecular complexity index is 1300. The molecule has 5 rings (SSSR count). The van der Waals surface area contributed by atoms with E-state index in [1.54, 1.807) is 24.5 Å². The van der Waals surface area contributed by atoms with Crippen LogP contribution in [0.5, 0.6) is 0 Å². The summed E-state index contributed by atoms with van der Waals surface area (Å²) in [5.74, 6) is 2.29. The van der Waals surface area contributed by atoms with E-state index in [-0.39, 0.29) is 5.56 Å². The summed E-state index contributed by atoms with van der Waals surface area (Å²) >= 11 is 1.26. The van der Waals surface area contributed by atoms with Crippen LogP contribution in [-0.2, 0) is 0 Å². The van der Waals surface area contributed by atoms with E-state index in [4.69, 9.17) is 8.83 Å². The quantitative estimate of drug-likeness (QED) is 0.493. The predicted molar refractivity (Wildman–Crippen MR) is 97.8 cm³/mol. The molecule has 7 heteroatoms. The molecule has 0 aliphatic rings. The number of benzene rings is 1. The van der Waals surface area contributed by atoms with Gasteiger partial charge in [-0.2, -0.15) is 9.50 Å². The molecule has 0 amide bonds. The smallest absolute Gasteiger partial charge is 0.291 e. The first-order valence-electron chi connectivity index (χ1n) is 7.88. The largest absolute Gasteiger partial charge is 0.461 e. The van der Waals surface area contributed by atoms with E-state index in [1.807, 2.05) is 42.5 Å². The first kappa shape index (κ1) is 14.9. The van der Waals surface area contributed by atoms with Crippen molar-refractivity contribution in [3.05, 3.63) is 81.5 Å². The van der Waals surface area contributed by atoms with Gasteiger partial charge in [0.05, 0.1) is 6.26 Å². The normalized spacial score (nSPS) is 12.2. The number of aromatic nitrogens is 3. The Morgan fingerprint density at radius 3 is 2.65 bits per heavy atom. The van der Waals surface area contributed by atoms with Crippen molar-refractivity contribution in [1.82, 2.24) is 14.6 Å². The number of rotatable bonds is 3. The molecule has 0 saturated heterocycles. The fraction of sp³-hybridized carbons (Fsp3) is 0. The molecular formula is C19H11N3O3S. The lowest BCUT2D eigenvalue weighted by Crippen LogP contribution is -2.23. The number of hydrogen-bond acceptors (Lipinski definition) is 6. The van der Waals surface area contributed by atoms with Crippen molar-refractivity contribution < 1.29 is 8.83 Å². The Morgan fingerprint density at radius 1 is 1.00 bits per heavy atom. The molecule has 126 valence electrons. The van der Waals surface area contributed by atoms with E-state index in [2.05, 4.69) is 10.1 Å². The van der Waals surface area contributed by atoms with Crippen LogP contribution in [0.15, 0.2) is 74.5 Å². The topological polar surface area (TPSA) is 73.5 Å². The van der Waals surface area contributed by atoms with Crippen molar-refractivity contribution in [2.75, 3.05) is 0 Å². The van der Waals surface area contributed by atoms with Crippen LogP contribution in [0.3, 0.4) is 0 Å². The Morgan fingerprint density at radius 2 is 1.88 bits per heavy atom. The minimum Gasteiger partial charge on any atom is -0.461 e. The molecule has 0 unspecified atom stereocenters. The Balaban J connectivity index is 1.55. The molecule has 0 atom stereocenters. The maximum atomic E-state index is 12.6. The third kappa shape index (κ3) is 2.46. The van der Waals surface area contributed by atoms with E-state index < -0.39 is 0 Å². The van der Waals surface area contributed by atoms with Crippen LogP contribution in [0.25, 0.3) is 33.9 Å². The van der Waals surface area contributed by atoms with Gasteiger partial charge in [-0.3, -0.25) is 4.79 Å². The lowest BCUT2D eigenvalue weighted by molar-refractivity contribution is 0.571. The first-order chi connectivity index (χ1) is 12.8. The average molecular weight is 361 g/mol. The number of hydrogen-bond donors (Lipinski definition) is 0. The Kier molecular flexibility index (Phi) is 3.32. The van der Waals surface area contributed by atoms with Gasteiger partial charge >= 0.3 is 0 Å². The van der Waals surface area contributed by atoms with Gasteiger partial charge in [-0.15, -0.1) is 5.10 Å². The van der Waals surface area contributed by atoms with Gasteiger partial charge in [0.1, 0.15) is 16.1 Å². The van der Waals surface area contributed by atoms with Crippen LogP contribution in [0.1, 0.15) is 5.76 Å². The van der Waals surface area contributed by atoms with Gasteiger partial charge in [-0.05, 0) is 24.3 Å². The summed E-state index contributed by atoms with van der Waals surface area (Å²) < 4.78 is 12.9. The summed E-state index contributed by atoms with van der Waals surface area (Å²) in [6.07, 6.45) is 3.26. The highest BCUT2D eigenvalue weighted by Gasteiger charge is 2.13. The van der Waals surface area contributed by atoms with Crippen molar-refractivity contribution in [2.45, 2.75) is 0 Å². The van der Waals surface area contributed by atoms with E-state index >= 15 is 0 Å². The molecule has 0 fully saturated rings. The third-order valence-electron chi connectivity index (χ3n) is 3.88. The molecule has 4 aromatic heterocycles. The fourth-order valence-corrected chi connectivity index (χ4v) is 3.55. The maximum Gasteiger partial charge on any atom is 0.291 e. The van der Waals surface area contributed by atoms with Gasteiger partial charge in [-0.25, -0.2) is 0 Å². The van der Waals surface area contributed by atoms with Crippen LogP contribution < -0.4 is 10.1 Å². The minimum absolute atomic E-state index is 0.229. The number of thiazole rings is 1. The highest BCUT2D eigenvalue weighted by Crippen LogP contribution is 2.22. The van der Waals surface area contributed by atoms with E-state index in [9.17, 15) is 4.79 Å². The monoisotopic (exact) mass is 361 g/mol. The van der Waals surface area contributed by atoms with E-state index in [0.29, 0.717) is 26.8 Å². The first-order valence-corrected chi connectivity index (χ1v) is 8.70. The Labute approximate surface area is 150 Å². The van der Waals surface area contributed by atoms with Gasteiger partial charge in [0.2, 0.25) is 10.8 Å². The van der Waals surface area contributed by atoms with Gasteiger partial charge in [0.25, 0.3) is 5.56 Å². The number of fused-ring (bicyclic) bond motifs is 1. The van der Waals surface area contributed by atoms with E-state index in [0.717, 1.165) is 11.3 Å². The minimum atomic E-state index is -0.229. The van der Waals surface area contributed by atoms with Crippen LogP contribution in [0.2, 0.25) is 0 Å². The summed E-state index contributed by atoms with van der Waals surface area (Å²) in [6, 6.07) is 17.0. The maximum absolute atomic E-state index is 12.6. The molecule has 26 heavy (non-hydrogen) atoms. The molecule has 4 heterocycles. The lowest BCUT2D eigenvalue weighted by Gasteiger charge is -1.94. The van der Waals surface area contributed by atoms with Gasteiger partial charge < -0.3 is 8.83 Å². The van der Waals surface area contributed by atoms with Crippen molar-refractivity contribution in [1.29, 1.82) is 0 Å². The molecule has 0 saturated carbocycles. The van der Waals surface area contributed by atoms with Gasteiger partial charge in [0.15, 0.2) is 5.76 Å². The zero-order valence-corrected chi connectivity index (χ0v) is 14.1. The van der Waals surface area contributed by atoms with Crippen molar-refractivity contribution in [2.24, 2.45) is 0 Å². The zero-order valence-electron chi connectivity index (χ0n) is 13.3. The summed E-state index contributed by atoms with van der Waals surface area (Å²) in [6.45, 7) is 0. The molecule has 0 bridgehead atoms. The summed E-state index contributed by atoms with van der Waals surface area (Å²) in [5.41, 5.74) is 0.758. The van der Waals surface area contributed by atoms with E-state index in [1.165, 1.54) is 15.9 Å². The SMILES string of the molecule is O=c1c(=Cc2ccc(-c3ccccc3)o2)sc2nc(-c3ccco3)nn12. The average Bonchev–Trinajstić information content (AvgIpc) is 3.43. The molecule has 0 spiro atoms. The molecule has 5 aromatic rings. The lowest BCUT2D eigenvalue weighted by atomic mass is 10.2. The second kappa shape index (κ2) is 5.82. The molecule has 0 aliphatic heterocycles. The van der Waals surface area contributed by atoms with Crippen LogP contribution in [0, 0.1) is 0 Å². The standard InChI is InChI=1S/C19H11N3O3S/c23-18-16(11-13-8-9-14(25-13)12-5-2-1-3-6-12)26-19-20-17(21-22(18)19)15-7-4-10-24-15/h1-11H. The molecule has 0 radical (unpaired) electrons. The van der Waals surface area contributed by atoms with Crippen LogP contribution in [-0.4, -0.2) is 14.6 Å². The molecule has 0 N–H and O–H groups in total. The summed E-state index contributed by atoms with van der Waals surface area (Å²) in [7, 11) is 0. The number of furan rings is 2. The zero-order chi connectivity index (χ0) is 17.5. The summed E-state index contributed by atoms with van der Waals surface area (Å²) in [5, 5.41) is 4.23. The van der Waals surface area contributed by atoms with Crippen LogP contribution in [0.4, 0.5) is 0 Å². The van der Waals surface area contributed by atoms with Gasteiger partial charge in [0, 0.05) is 11.6 Å². The van der Waals surface area contributed by atoms with Crippen LogP contribution >= 0.6 is 11.3 Å². The summed E-state index contributed by atoms with van der Waals surface area (Å²) in [4.78, 5) is 17.4. The second-order valence-electron chi connectivity index (χ2n) is 5.59. The highest BCUT2D eigenvalue weighted by atomic mass is 32.1. The van der Waals surface area contributed by atoms with Crippen molar-refractivity contribution >= 4 is 22.4 Å². The number of nitrogens with zero attached hydrogens (tertiary/aromatic N) is 3. The highest BCUT2D eigenvalue weighted by molar-refractivity contribution is 7.15. The Hall–Kier alpha value is -3.45. The molecule has 0 aliphatic carbocycles. The fourth-order valence-electron chi connectivity index (χ4n) is 2.66. The predicted octanol–water partition coefficient (Wildman–Crippen LogP) is 3.22. The van der Waals surface area contributed by atoms with Gasteiger partial charge in [-0.1, -0.05) is 41.7 Å². The molecular weight excluding hydrogens is 350 g/mol. The molecule has 1 aromatic carbocycles. The second-order valence-corrected chi connectivity index (χ2v) is 6.60. The van der Waals surface area contributed by atoms with Crippen molar-refractivity contribution in [3.63, 3.8) is 0 Å². The van der Waals surface area contributed by atoms with Crippen molar-refractivity contribution in [3.8, 4) is 22.9 Å². The third-order valence-corrected chi connectivity index (χ3v) is 4.84. The molecule has 6 nitrogen and oxygen atoms in total.